The molecule has 0 saturated carbocycles. The molecule has 2 aliphatic heterocycles. The van der Waals surface area contributed by atoms with Gasteiger partial charge < -0.3 is 37.9 Å². The smallest absolute Gasteiger partial charge is 0.303 e. The monoisotopic (exact) mass is 634 g/mol. The third-order valence-corrected chi connectivity index (χ3v) is 7.22. The second-order valence-corrected chi connectivity index (χ2v) is 10.3. The molecule has 228 valence electrons. The van der Waals surface area contributed by atoms with Crippen LogP contribution in [0.5, 0.6) is 0 Å². The minimum absolute atomic E-state index is 0.117. The largest absolute Gasteiger partial charge is 0.463 e. The van der Waals surface area contributed by atoms with Crippen molar-refractivity contribution < 1.29 is 61.9 Å². The molecule has 16 heteroatoms. The topological polar surface area (TPSA) is 159 Å². The fourth-order valence-corrected chi connectivity index (χ4v) is 5.30. The molecule has 0 unspecified atom stereocenters. The van der Waals surface area contributed by atoms with Crippen molar-refractivity contribution in [3.05, 3.63) is 0 Å². The van der Waals surface area contributed by atoms with Gasteiger partial charge in [0.05, 0.1) is 25.0 Å². The fourth-order valence-electron chi connectivity index (χ4n) is 4.45. The maximum absolute atomic E-state index is 11.9. The second-order valence-electron chi connectivity index (χ2n) is 9.24. The molecule has 40 heavy (non-hydrogen) atoms. The van der Waals surface area contributed by atoms with Gasteiger partial charge in [0.2, 0.25) is 0 Å². The van der Waals surface area contributed by atoms with Crippen LogP contribution in [-0.4, -0.2) is 115 Å². The van der Waals surface area contributed by atoms with Gasteiger partial charge in [0, 0.05) is 34.6 Å². The summed E-state index contributed by atoms with van der Waals surface area (Å²) < 4.78 is 44.4. The number of hydrogen-bond donors (Lipinski definition) is 0. The van der Waals surface area contributed by atoms with Gasteiger partial charge in [-0.25, -0.2) is 0 Å². The van der Waals surface area contributed by atoms with Crippen molar-refractivity contribution in [1.29, 1.82) is 0 Å². The SMILES string of the molecule is CC(=O)OC[C@@H]1O[C@H](COC[C@]2(CCl)O[C@H](CCl)[C@H](OC(C)=O)[C@@H]2OC(C)=O)[C@H](OC(C)=O)[C@H](OC(C)=O)[C@@H]1Cl. The average Bonchev–Trinajstić information content (AvgIpc) is 3.13. The maximum atomic E-state index is 11.9. The van der Waals surface area contributed by atoms with Crippen LogP contribution < -0.4 is 0 Å². The molecular weight excluding hydrogens is 603 g/mol. The zero-order valence-corrected chi connectivity index (χ0v) is 24.9. The predicted octanol–water partition coefficient (Wildman–Crippen LogP) is 1.28. The van der Waals surface area contributed by atoms with Gasteiger partial charge in [-0.2, -0.15) is 0 Å². The Kier molecular flexibility index (Phi) is 13.2. The molecule has 2 fully saturated rings. The molecule has 13 nitrogen and oxygen atoms in total. The highest BCUT2D eigenvalue weighted by Gasteiger charge is 2.59. The van der Waals surface area contributed by atoms with E-state index in [-0.39, 0.29) is 31.6 Å². The van der Waals surface area contributed by atoms with Crippen LogP contribution >= 0.6 is 34.8 Å². The fraction of sp³-hybridized carbons (Fsp3) is 0.792. The van der Waals surface area contributed by atoms with E-state index >= 15 is 0 Å². The van der Waals surface area contributed by atoms with Crippen LogP contribution in [0.3, 0.4) is 0 Å². The lowest BCUT2D eigenvalue weighted by Crippen LogP contribution is -2.61. The Morgan fingerprint density at radius 1 is 0.700 bits per heavy atom. The highest BCUT2D eigenvalue weighted by Crippen LogP contribution is 2.38. The Hall–Kier alpha value is -1.90. The van der Waals surface area contributed by atoms with Crippen molar-refractivity contribution >= 4 is 64.6 Å². The van der Waals surface area contributed by atoms with E-state index < -0.39 is 83.6 Å². The highest BCUT2D eigenvalue weighted by atomic mass is 35.5. The number of esters is 5. The predicted molar refractivity (Wildman–Crippen MR) is 137 cm³/mol. The van der Waals surface area contributed by atoms with Crippen LogP contribution in [0.25, 0.3) is 0 Å². The first-order chi connectivity index (χ1) is 18.7. The first-order valence-electron chi connectivity index (χ1n) is 12.2. The van der Waals surface area contributed by atoms with E-state index in [9.17, 15) is 24.0 Å². The number of carbonyl (C=O) groups excluding carboxylic acids is 5. The van der Waals surface area contributed by atoms with Crippen LogP contribution in [0.2, 0.25) is 0 Å². The molecular formula is C24H33Cl3O13. The van der Waals surface area contributed by atoms with E-state index in [1.54, 1.807) is 0 Å². The summed E-state index contributed by atoms with van der Waals surface area (Å²) in [7, 11) is 0. The summed E-state index contributed by atoms with van der Waals surface area (Å²) in [6.07, 6.45) is -7.55. The van der Waals surface area contributed by atoms with E-state index in [2.05, 4.69) is 0 Å². The van der Waals surface area contributed by atoms with E-state index in [0.717, 1.165) is 13.8 Å². The van der Waals surface area contributed by atoms with Crippen molar-refractivity contribution in [2.75, 3.05) is 31.6 Å². The van der Waals surface area contributed by atoms with Crippen molar-refractivity contribution in [2.45, 2.75) is 88.3 Å². The zero-order valence-electron chi connectivity index (χ0n) is 22.6. The summed E-state index contributed by atoms with van der Waals surface area (Å²) >= 11 is 18.8. The number of alkyl halides is 3. The number of rotatable bonds is 12. The Morgan fingerprint density at radius 3 is 1.75 bits per heavy atom. The Balaban J connectivity index is 2.31. The lowest BCUT2D eigenvalue weighted by atomic mass is 9.96. The highest BCUT2D eigenvalue weighted by molar-refractivity contribution is 6.21. The summed E-state index contributed by atoms with van der Waals surface area (Å²) in [5, 5.41) is -1.06. The molecule has 0 aliphatic carbocycles. The van der Waals surface area contributed by atoms with Gasteiger partial charge in [-0.3, -0.25) is 24.0 Å². The van der Waals surface area contributed by atoms with Crippen LogP contribution in [0.1, 0.15) is 34.6 Å². The zero-order chi connectivity index (χ0) is 30.2. The second kappa shape index (κ2) is 15.4. The average molecular weight is 636 g/mol. The summed E-state index contributed by atoms with van der Waals surface area (Å²) in [5.74, 6) is -3.73. The minimum Gasteiger partial charge on any atom is -0.463 e. The molecule has 0 N–H and O–H groups in total. The van der Waals surface area contributed by atoms with Crippen LogP contribution in [0, 0.1) is 0 Å². The van der Waals surface area contributed by atoms with E-state index in [1.165, 1.54) is 20.8 Å². The van der Waals surface area contributed by atoms with Gasteiger partial charge in [0.25, 0.3) is 0 Å². The van der Waals surface area contributed by atoms with Crippen LogP contribution in [0.15, 0.2) is 0 Å². The number of hydrogen-bond acceptors (Lipinski definition) is 13. The Labute approximate surface area is 246 Å². The maximum Gasteiger partial charge on any atom is 0.303 e. The molecule has 2 aliphatic rings. The quantitative estimate of drug-likeness (QED) is 0.172. The summed E-state index contributed by atoms with van der Waals surface area (Å²) in [5.41, 5.74) is -1.50. The van der Waals surface area contributed by atoms with Gasteiger partial charge in [-0.05, 0) is 0 Å². The third-order valence-electron chi connectivity index (χ3n) is 5.93. The van der Waals surface area contributed by atoms with Gasteiger partial charge in [-0.15, -0.1) is 34.8 Å². The Morgan fingerprint density at radius 2 is 1.25 bits per heavy atom. The molecule has 0 spiro atoms. The van der Waals surface area contributed by atoms with Crippen molar-refractivity contribution in [3.8, 4) is 0 Å². The molecule has 0 radical (unpaired) electrons. The molecule has 9 atom stereocenters. The molecule has 2 heterocycles. The molecule has 2 rings (SSSR count). The summed E-state index contributed by atoms with van der Waals surface area (Å²) in [6, 6.07) is 0. The normalized spacial score (nSPS) is 33.5. The standard InChI is InChI=1S/C24H33Cl3O13/c1-11(28)34-8-17-19(27)22(37-14(4)31)20(35-12(2)29)18(39-17)7-33-10-24(9-26)23(38-15(5)32)21(36-13(3)30)16(6-25)40-24/h16-23H,6-10H2,1-5H3/t16-,17+,18-,19-,20+,21+,22-,23+,24+/m1/s1. The van der Waals surface area contributed by atoms with E-state index in [4.69, 9.17) is 72.7 Å². The molecule has 0 aromatic heterocycles. The third kappa shape index (κ3) is 9.05. The lowest BCUT2D eigenvalue weighted by Gasteiger charge is -2.43. The van der Waals surface area contributed by atoms with Gasteiger partial charge >= 0.3 is 29.8 Å². The van der Waals surface area contributed by atoms with Gasteiger partial charge in [0.1, 0.15) is 35.9 Å². The van der Waals surface area contributed by atoms with Crippen LogP contribution in [-0.2, 0) is 61.9 Å². The summed E-state index contributed by atoms with van der Waals surface area (Å²) in [4.78, 5) is 58.7. The molecule has 0 bridgehead atoms. The summed E-state index contributed by atoms with van der Waals surface area (Å²) in [6.45, 7) is 4.95. The lowest BCUT2D eigenvalue weighted by molar-refractivity contribution is -0.222. The molecule has 0 aromatic rings. The van der Waals surface area contributed by atoms with Gasteiger partial charge in [0.15, 0.2) is 24.4 Å². The van der Waals surface area contributed by atoms with Crippen molar-refractivity contribution in [3.63, 3.8) is 0 Å². The number of ether oxygens (including phenoxy) is 8. The Bertz CT molecular complexity index is 934. The minimum atomic E-state index is -1.50. The van der Waals surface area contributed by atoms with E-state index in [0.29, 0.717) is 0 Å². The van der Waals surface area contributed by atoms with Crippen LogP contribution in [0.4, 0.5) is 0 Å². The molecule has 2 saturated heterocycles. The van der Waals surface area contributed by atoms with E-state index in [1.807, 2.05) is 0 Å². The van der Waals surface area contributed by atoms with Gasteiger partial charge in [-0.1, -0.05) is 0 Å². The first kappa shape index (κ1) is 34.3. The number of carbonyl (C=O) groups is 5. The first-order valence-corrected chi connectivity index (χ1v) is 13.7. The number of halogens is 3. The van der Waals surface area contributed by atoms with Crippen molar-refractivity contribution in [1.82, 2.24) is 0 Å². The molecule has 0 aromatic carbocycles. The molecule has 0 amide bonds. The van der Waals surface area contributed by atoms with Crippen molar-refractivity contribution in [2.24, 2.45) is 0 Å².